The van der Waals surface area contributed by atoms with E-state index < -0.39 is 5.97 Å². The fourth-order valence-electron chi connectivity index (χ4n) is 3.02. The van der Waals surface area contributed by atoms with Crippen LogP contribution in [0.15, 0.2) is 24.3 Å². The summed E-state index contributed by atoms with van der Waals surface area (Å²) in [5.74, 6) is -1.33. The fourth-order valence-corrected chi connectivity index (χ4v) is 3.02. The zero-order valence-electron chi connectivity index (χ0n) is 14.7. The molecule has 1 aromatic rings. The van der Waals surface area contributed by atoms with E-state index in [2.05, 4.69) is 12.2 Å². The van der Waals surface area contributed by atoms with Crippen molar-refractivity contribution in [2.75, 3.05) is 18.0 Å². The van der Waals surface area contributed by atoms with Gasteiger partial charge in [-0.2, -0.15) is 0 Å². The highest BCUT2D eigenvalue weighted by molar-refractivity contribution is 6.00. The van der Waals surface area contributed by atoms with Gasteiger partial charge >= 0.3 is 5.97 Å². The van der Waals surface area contributed by atoms with Crippen LogP contribution in [0.1, 0.15) is 44.6 Å². The summed E-state index contributed by atoms with van der Waals surface area (Å²) in [5, 5.41) is 11.4. The van der Waals surface area contributed by atoms with Crippen LogP contribution in [0.5, 0.6) is 0 Å². The van der Waals surface area contributed by atoms with Crippen LogP contribution >= 0.6 is 0 Å². The third-order valence-electron chi connectivity index (χ3n) is 4.40. The molecular weight excluding hydrogens is 320 g/mol. The Kier molecular flexibility index (Phi) is 6.98. The van der Waals surface area contributed by atoms with Gasteiger partial charge in [-0.25, -0.2) is 0 Å². The number of amides is 2. The first kappa shape index (κ1) is 19.0. The number of aliphatic carboxylic acids is 1. The second-order valence-corrected chi connectivity index (χ2v) is 6.46. The highest BCUT2D eigenvalue weighted by atomic mass is 16.4. The molecule has 1 heterocycles. The number of aryl methyl sites for hydroxylation is 1. The van der Waals surface area contributed by atoms with Crippen molar-refractivity contribution < 1.29 is 19.5 Å². The minimum Gasteiger partial charge on any atom is -0.481 e. The van der Waals surface area contributed by atoms with Crippen LogP contribution in [0.2, 0.25) is 0 Å². The molecule has 1 aromatic carbocycles. The first-order chi connectivity index (χ1) is 12.0. The Labute approximate surface area is 148 Å². The Morgan fingerprint density at radius 3 is 2.60 bits per heavy atom. The summed E-state index contributed by atoms with van der Waals surface area (Å²) in [6.45, 7) is 2.97. The number of hydrogen-bond acceptors (Lipinski definition) is 3. The summed E-state index contributed by atoms with van der Waals surface area (Å²) in [6.07, 6.45) is 3.59. The molecule has 0 saturated carbocycles. The number of anilines is 1. The average Bonchev–Trinajstić information content (AvgIpc) is 2.97. The SMILES string of the molecule is CCCc1ccc(N2CC(C(=O)NCCCCC(=O)O)CC2=O)cc1. The number of unbranched alkanes of at least 4 members (excludes halogenated alkanes) is 1. The van der Waals surface area contributed by atoms with E-state index in [1.807, 2.05) is 24.3 Å². The number of nitrogens with one attached hydrogen (secondary N) is 1. The maximum Gasteiger partial charge on any atom is 0.303 e. The summed E-state index contributed by atoms with van der Waals surface area (Å²) in [6, 6.07) is 7.94. The molecule has 2 rings (SSSR count). The van der Waals surface area contributed by atoms with Gasteiger partial charge in [0.25, 0.3) is 0 Å². The molecule has 0 radical (unpaired) electrons. The van der Waals surface area contributed by atoms with Gasteiger partial charge in [-0.05, 0) is 37.0 Å². The third kappa shape index (κ3) is 5.59. The lowest BCUT2D eigenvalue weighted by Gasteiger charge is -2.17. The second-order valence-electron chi connectivity index (χ2n) is 6.46. The Balaban J connectivity index is 1.82. The summed E-state index contributed by atoms with van der Waals surface area (Å²) < 4.78 is 0. The minimum absolute atomic E-state index is 0.0331. The lowest BCUT2D eigenvalue weighted by molar-refractivity contribution is -0.137. The molecule has 0 aromatic heterocycles. The van der Waals surface area contributed by atoms with E-state index in [4.69, 9.17) is 5.11 Å². The van der Waals surface area contributed by atoms with Crippen molar-refractivity contribution in [1.29, 1.82) is 0 Å². The molecule has 2 N–H and O–H groups in total. The molecule has 1 unspecified atom stereocenters. The van der Waals surface area contributed by atoms with Gasteiger partial charge in [-0.3, -0.25) is 14.4 Å². The van der Waals surface area contributed by atoms with E-state index in [0.29, 0.717) is 25.9 Å². The molecule has 1 atom stereocenters. The van der Waals surface area contributed by atoms with Gasteiger partial charge in [0.05, 0.1) is 5.92 Å². The van der Waals surface area contributed by atoms with Crippen molar-refractivity contribution in [2.45, 2.75) is 45.4 Å². The standard InChI is InChI=1S/C19H26N2O4/c1-2-5-14-7-9-16(10-8-14)21-13-15(12-17(21)22)19(25)20-11-4-3-6-18(23)24/h7-10,15H,2-6,11-13H2,1H3,(H,20,25)(H,23,24). The quantitative estimate of drug-likeness (QED) is 0.672. The van der Waals surface area contributed by atoms with Crippen LogP contribution in [-0.4, -0.2) is 36.0 Å². The number of carbonyl (C=O) groups is 3. The Hall–Kier alpha value is -2.37. The lowest BCUT2D eigenvalue weighted by atomic mass is 10.1. The van der Waals surface area contributed by atoms with Crippen molar-refractivity contribution in [2.24, 2.45) is 5.92 Å². The van der Waals surface area contributed by atoms with E-state index in [1.54, 1.807) is 4.90 Å². The highest BCUT2D eigenvalue weighted by Gasteiger charge is 2.34. The number of benzene rings is 1. The molecule has 1 saturated heterocycles. The van der Waals surface area contributed by atoms with Gasteiger partial charge in [0.15, 0.2) is 0 Å². The van der Waals surface area contributed by atoms with Crippen LogP contribution in [-0.2, 0) is 20.8 Å². The van der Waals surface area contributed by atoms with Crippen LogP contribution in [0.25, 0.3) is 0 Å². The molecule has 1 fully saturated rings. The van der Waals surface area contributed by atoms with Crippen molar-refractivity contribution in [1.82, 2.24) is 5.32 Å². The van der Waals surface area contributed by atoms with E-state index in [0.717, 1.165) is 18.5 Å². The monoisotopic (exact) mass is 346 g/mol. The smallest absolute Gasteiger partial charge is 0.303 e. The van der Waals surface area contributed by atoms with Crippen LogP contribution < -0.4 is 10.2 Å². The number of hydrogen-bond donors (Lipinski definition) is 2. The first-order valence-corrected chi connectivity index (χ1v) is 8.90. The number of carboxylic acid groups (broad SMARTS) is 1. The molecular formula is C19H26N2O4. The molecule has 6 nitrogen and oxygen atoms in total. The Bertz CT molecular complexity index is 612. The number of carboxylic acids is 1. The molecule has 2 amide bonds. The first-order valence-electron chi connectivity index (χ1n) is 8.90. The van der Waals surface area contributed by atoms with E-state index in [9.17, 15) is 14.4 Å². The van der Waals surface area contributed by atoms with Crippen molar-refractivity contribution >= 4 is 23.5 Å². The maximum atomic E-state index is 12.2. The maximum absolute atomic E-state index is 12.2. The van der Waals surface area contributed by atoms with Gasteiger partial charge in [0, 0.05) is 31.6 Å². The normalized spacial score (nSPS) is 16.9. The van der Waals surface area contributed by atoms with Gasteiger partial charge in [0.2, 0.25) is 11.8 Å². The summed E-state index contributed by atoms with van der Waals surface area (Å²) in [4.78, 5) is 36.5. The Morgan fingerprint density at radius 2 is 1.96 bits per heavy atom. The molecule has 0 aliphatic carbocycles. The van der Waals surface area contributed by atoms with Gasteiger partial charge in [-0.1, -0.05) is 25.5 Å². The molecule has 6 heteroatoms. The highest BCUT2D eigenvalue weighted by Crippen LogP contribution is 2.25. The van der Waals surface area contributed by atoms with Gasteiger partial charge in [-0.15, -0.1) is 0 Å². The predicted molar refractivity (Wildman–Crippen MR) is 95.4 cm³/mol. The van der Waals surface area contributed by atoms with Crippen LogP contribution in [0, 0.1) is 5.92 Å². The van der Waals surface area contributed by atoms with E-state index in [1.165, 1.54) is 5.56 Å². The number of rotatable bonds is 9. The summed E-state index contributed by atoms with van der Waals surface area (Å²) >= 11 is 0. The van der Waals surface area contributed by atoms with E-state index >= 15 is 0 Å². The third-order valence-corrected chi connectivity index (χ3v) is 4.40. The van der Waals surface area contributed by atoms with Gasteiger partial charge < -0.3 is 15.3 Å². The van der Waals surface area contributed by atoms with Crippen molar-refractivity contribution in [3.05, 3.63) is 29.8 Å². The summed E-state index contributed by atoms with van der Waals surface area (Å²) in [5.41, 5.74) is 2.08. The predicted octanol–water partition coefficient (Wildman–Crippen LogP) is 2.36. The zero-order chi connectivity index (χ0) is 18.2. The lowest BCUT2D eigenvalue weighted by Crippen LogP contribution is -2.33. The molecule has 0 bridgehead atoms. The topological polar surface area (TPSA) is 86.7 Å². The molecule has 25 heavy (non-hydrogen) atoms. The largest absolute Gasteiger partial charge is 0.481 e. The molecule has 0 spiro atoms. The van der Waals surface area contributed by atoms with Gasteiger partial charge in [0.1, 0.15) is 0 Å². The Morgan fingerprint density at radius 1 is 1.24 bits per heavy atom. The second kappa shape index (κ2) is 9.20. The molecule has 1 aliphatic rings. The number of nitrogens with zero attached hydrogens (tertiary/aromatic N) is 1. The fraction of sp³-hybridized carbons (Fsp3) is 0.526. The van der Waals surface area contributed by atoms with Crippen LogP contribution in [0.3, 0.4) is 0 Å². The van der Waals surface area contributed by atoms with Crippen LogP contribution in [0.4, 0.5) is 5.69 Å². The van der Waals surface area contributed by atoms with Crippen molar-refractivity contribution in [3.63, 3.8) is 0 Å². The average molecular weight is 346 g/mol. The zero-order valence-corrected chi connectivity index (χ0v) is 14.7. The molecule has 1 aliphatic heterocycles. The number of carbonyl (C=O) groups excluding carboxylic acids is 2. The van der Waals surface area contributed by atoms with E-state index in [-0.39, 0.29) is 30.6 Å². The molecule has 136 valence electrons. The van der Waals surface area contributed by atoms with Crippen molar-refractivity contribution in [3.8, 4) is 0 Å². The summed E-state index contributed by atoms with van der Waals surface area (Å²) in [7, 11) is 0. The minimum atomic E-state index is -0.826.